The molecule has 2 N–H and O–H groups in total. The predicted octanol–water partition coefficient (Wildman–Crippen LogP) is 3.05. The maximum Gasteiger partial charge on any atom is 0.199 e. The molecule has 0 spiro atoms. The highest BCUT2D eigenvalue weighted by atomic mass is 16.3. The molecule has 3 heteroatoms. The summed E-state index contributed by atoms with van der Waals surface area (Å²) in [5.74, 6) is 1.00. The molecule has 1 atom stereocenters. The molecule has 18 heavy (non-hydrogen) atoms. The lowest BCUT2D eigenvalue weighted by Gasteiger charge is -2.06. The summed E-state index contributed by atoms with van der Waals surface area (Å²) in [4.78, 5) is 12.1. The van der Waals surface area contributed by atoms with E-state index in [2.05, 4.69) is 0 Å². The molecule has 94 valence electrons. The quantitative estimate of drug-likeness (QED) is 0.840. The van der Waals surface area contributed by atoms with Crippen LogP contribution in [0.1, 0.15) is 35.4 Å². The van der Waals surface area contributed by atoms with Crippen LogP contribution in [0, 0.1) is 12.8 Å². The Bertz CT molecular complexity index is 596. The van der Waals surface area contributed by atoms with E-state index < -0.39 is 0 Å². The van der Waals surface area contributed by atoms with Crippen molar-refractivity contribution < 1.29 is 9.21 Å². The van der Waals surface area contributed by atoms with Crippen molar-refractivity contribution in [2.24, 2.45) is 11.7 Å². The van der Waals surface area contributed by atoms with E-state index in [1.54, 1.807) is 0 Å². The summed E-state index contributed by atoms with van der Waals surface area (Å²) < 4.78 is 5.66. The van der Waals surface area contributed by atoms with E-state index in [4.69, 9.17) is 10.2 Å². The van der Waals surface area contributed by atoms with Crippen molar-refractivity contribution in [3.8, 4) is 0 Å². The first kappa shape index (κ1) is 11.5. The second-order valence-corrected chi connectivity index (χ2v) is 5.23. The standard InChI is InChI=1S/C15H17NO2/c1-9-3-2-4-11-7-14(18-15(9)11)13(17)8-12(16)10-5-6-10/h2-4,7,10,12H,5-6,8,16H2,1H3. The fourth-order valence-corrected chi connectivity index (χ4v) is 2.35. The largest absolute Gasteiger partial charge is 0.453 e. The number of ketones is 1. The maximum absolute atomic E-state index is 12.1. The molecule has 1 aliphatic rings. The van der Waals surface area contributed by atoms with Crippen LogP contribution in [-0.2, 0) is 0 Å². The number of fused-ring (bicyclic) bond motifs is 1. The van der Waals surface area contributed by atoms with Gasteiger partial charge in [-0.2, -0.15) is 0 Å². The highest BCUT2D eigenvalue weighted by Crippen LogP contribution is 2.33. The highest BCUT2D eigenvalue weighted by Gasteiger charge is 2.30. The summed E-state index contributed by atoms with van der Waals surface area (Å²) in [6.07, 6.45) is 2.71. The van der Waals surface area contributed by atoms with Gasteiger partial charge in [0.05, 0.1) is 0 Å². The number of furan rings is 1. The fraction of sp³-hybridized carbons (Fsp3) is 0.400. The molecule has 1 aliphatic carbocycles. The Kier molecular flexibility index (Phi) is 2.71. The number of nitrogens with two attached hydrogens (primary N) is 1. The Morgan fingerprint density at radius 2 is 2.28 bits per heavy atom. The Morgan fingerprint density at radius 1 is 1.50 bits per heavy atom. The Morgan fingerprint density at radius 3 is 2.94 bits per heavy atom. The molecule has 0 amide bonds. The average molecular weight is 243 g/mol. The van der Waals surface area contributed by atoms with E-state index in [-0.39, 0.29) is 11.8 Å². The van der Waals surface area contributed by atoms with E-state index in [1.165, 1.54) is 0 Å². The first-order valence-electron chi connectivity index (χ1n) is 6.43. The lowest BCUT2D eigenvalue weighted by molar-refractivity contribution is 0.0946. The van der Waals surface area contributed by atoms with Gasteiger partial charge in [0.2, 0.25) is 0 Å². The summed E-state index contributed by atoms with van der Waals surface area (Å²) in [5, 5.41) is 0.985. The van der Waals surface area contributed by atoms with E-state index in [0.29, 0.717) is 18.1 Å². The van der Waals surface area contributed by atoms with Crippen LogP contribution in [0.25, 0.3) is 11.0 Å². The monoisotopic (exact) mass is 243 g/mol. The number of benzene rings is 1. The molecule has 1 unspecified atom stereocenters. The maximum atomic E-state index is 12.1. The zero-order valence-electron chi connectivity index (χ0n) is 10.5. The third-order valence-corrected chi connectivity index (χ3v) is 3.66. The van der Waals surface area contributed by atoms with Crippen molar-refractivity contribution >= 4 is 16.8 Å². The molecule has 3 rings (SSSR count). The van der Waals surface area contributed by atoms with Gasteiger partial charge in [0.1, 0.15) is 5.58 Å². The van der Waals surface area contributed by atoms with Gasteiger partial charge in [-0.05, 0) is 37.3 Å². The molecule has 2 aromatic rings. The van der Waals surface area contributed by atoms with Crippen LogP contribution in [0.15, 0.2) is 28.7 Å². The van der Waals surface area contributed by atoms with Crippen molar-refractivity contribution in [3.05, 3.63) is 35.6 Å². The number of carbonyl (C=O) groups excluding carboxylic acids is 1. The van der Waals surface area contributed by atoms with Crippen LogP contribution in [0.2, 0.25) is 0 Å². The topological polar surface area (TPSA) is 56.2 Å². The molecule has 0 aliphatic heterocycles. The molecule has 0 bridgehead atoms. The SMILES string of the molecule is Cc1cccc2cc(C(=O)CC(N)C3CC3)oc12. The highest BCUT2D eigenvalue weighted by molar-refractivity contribution is 5.98. The van der Waals surface area contributed by atoms with Gasteiger partial charge in [-0.15, -0.1) is 0 Å². The minimum absolute atomic E-state index is 0.00758. The summed E-state index contributed by atoms with van der Waals surface area (Å²) in [6, 6.07) is 7.73. The molecule has 1 saturated carbocycles. The lowest BCUT2D eigenvalue weighted by atomic mass is 10.1. The van der Waals surface area contributed by atoms with E-state index in [1.807, 2.05) is 31.2 Å². The third kappa shape index (κ3) is 2.06. The Hall–Kier alpha value is -1.61. The fourth-order valence-electron chi connectivity index (χ4n) is 2.35. The van der Waals surface area contributed by atoms with Gasteiger partial charge in [-0.3, -0.25) is 4.79 Å². The smallest absolute Gasteiger partial charge is 0.199 e. The number of rotatable bonds is 4. The third-order valence-electron chi connectivity index (χ3n) is 3.66. The minimum atomic E-state index is -0.00758. The Balaban J connectivity index is 1.84. The number of carbonyl (C=O) groups is 1. The van der Waals surface area contributed by atoms with E-state index in [0.717, 1.165) is 29.4 Å². The summed E-state index contributed by atoms with van der Waals surface area (Å²) >= 11 is 0. The van der Waals surface area contributed by atoms with Gasteiger partial charge in [0.25, 0.3) is 0 Å². The van der Waals surface area contributed by atoms with E-state index >= 15 is 0 Å². The van der Waals surface area contributed by atoms with Gasteiger partial charge >= 0.3 is 0 Å². The van der Waals surface area contributed by atoms with Crippen molar-refractivity contribution in [2.45, 2.75) is 32.2 Å². The predicted molar refractivity (Wildman–Crippen MR) is 70.6 cm³/mol. The van der Waals surface area contributed by atoms with Crippen LogP contribution in [0.5, 0.6) is 0 Å². The summed E-state index contributed by atoms with van der Waals surface area (Å²) in [5.41, 5.74) is 7.84. The second-order valence-electron chi connectivity index (χ2n) is 5.23. The van der Waals surface area contributed by atoms with Gasteiger partial charge in [-0.25, -0.2) is 0 Å². The Labute approximate surface area is 106 Å². The van der Waals surface area contributed by atoms with Crippen LogP contribution in [0.4, 0.5) is 0 Å². The molecule has 1 heterocycles. The number of aryl methyl sites for hydroxylation is 1. The molecular weight excluding hydrogens is 226 g/mol. The minimum Gasteiger partial charge on any atom is -0.453 e. The molecule has 3 nitrogen and oxygen atoms in total. The number of para-hydroxylation sites is 1. The number of hydrogen-bond donors (Lipinski definition) is 1. The van der Waals surface area contributed by atoms with Gasteiger partial charge in [-0.1, -0.05) is 18.2 Å². The molecular formula is C15H17NO2. The van der Waals surface area contributed by atoms with Crippen molar-refractivity contribution in [3.63, 3.8) is 0 Å². The number of Topliss-reactive ketones (excluding diaryl/α,β-unsaturated/α-hetero) is 1. The van der Waals surface area contributed by atoms with Crippen LogP contribution in [-0.4, -0.2) is 11.8 Å². The second kappa shape index (κ2) is 4.25. The normalized spacial score (nSPS) is 17.0. The summed E-state index contributed by atoms with van der Waals surface area (Å²) in [6.45, 7) is 1.98. The first-order valence-corrected chi connectivity index (χ1v) is 6.43. The zero-order chi connectivity index (χ0) is 12.7. The summed E-state index contributed by atoms with van der Waals surface area (Å²) in [7, 11) is 0. The van der Waals surface area contributed by atoms with E-state index in [9.17, 15) is 4.79 Å². The van der Waals surface area contributed by atoms with Crippen LogP contribution >= 0.6 is 0 Å². The zero-order valence-corrected chi connectivity index (χ0v) is 10.5. The molecule has 0 saturated heterocycles. The van der Waals surface area contributed by atoms with Crippen molar-refractivity contribution in [1.82, 2.24) is 0 Å². The van der Waals surface area contributed by atoms with Crippen molar-refractivity contribution in [1.29, 1.82) is 0 Å². The first-order chi connectivity index (χ1) is 8.65. The number of hydrogen-bond acceptors (Lipinski definition) is 3. The van der Waals surface area contributed by atoms with Gasteiger partial charge in [0, 0.05) is 17.8 Å². The average Bonchev–Trinajstić information content (AvgIpc) is 3.09. The van der Waals surface area contributed by atoms with Crippen LogP contribution < -0.4 is 5.73 Å². The molecule has 1 aromatic heterocycles. The lowest BCUT2D eigenvalue weighted by Crippen LogP contribution is -2.25. The van der Waals surface area contributed by atoms with Gasteiger partial charge < -0.3 is 10.2 Å². The van der Waals surface area contributed by atoms with Crippen LogP contribution in [0.3, 0.4) is 0 Å². The molecule has 0 radical (unpaired) electrons. The molecule has 1 aromatic carbocycles. The van der Waals surface area contributed by atoms with Crippen molar-refractivity contribution in [2.75, 3.05) is 0 Å². The molecule has 1 fully saturated rings. The van der Waals surface area contributed by atoms with Gasteiger partial charge in [0.15, 0.2) is 11.5 Å².